The molecule has 2 N–H and O–H groups in total. The molecule has 1 rings (SSSR count). The summed E-state index contributed by atoms with van der Waals surface area (Å²) < 4.78 is 26.6. The van der Waals surface area contributed by atoms with E-state index in [1.165, 1.54) is 0 Å². The first-order valence-corrected chi connectivity index (χ1v) is 7.92. The quantitative estimate of drug-likeness (QED) is 0.708. The highest BCUT2D eigenvalue weighted by Crippen LogP contribution is 2.08. The van der Waals surface area contributed by atoms with E-state index >= 15 is 0 Å². The summed E-state index contributed by atoms with van der Waals surface area (Å²) >= 11 is 0. The van der Waals surface area contributed by atoms with Gasteiger partial charge in [0.25, 0.3) is 0 Å². The Morgan fingerprint density at radius 2 is 2.12 bits per heavy atom. The van der Waals surface area contributed by atoms with Crippen LogP contribution in [0.4, 0.5) is 0 Å². The molecule has 2 unspecified atom stereocenters. The number of nitrogens with zero attached hydrogens (tertiary/aromatic N) is 1. The van der Waals surface area contributed by atoms with Crippen LogP contribution in [0, 0.1) is 0 Å². The maximum absolute atomic E-state index is 11.9. The summed E-state index contributed by atoms with van der Waals surface area (Å²) in [4.78, 5) is 1.98. The molecule has 0 radical (unpaired) electrons. The van der Waals surface area contributed by atoms with Gasteiger partial charge in [-0.2, -0.15) is 0 Å². The Morgan fingerprint density at radius 1 is 1.41 bits per heavy atom. The Kier molecular flexibility index (Phi) is 5.85. The predicted octanol–water partition coefficient (Wildman–Crippen LogP) is -0.00200. The molecule has 0 aromatic rings. The summed E-state index contributed by atoms with van der Waals surface area (Å²) in [7, 11) is 0.711. The third kappa shape index (κ3) is 6.35. The van der Waals surface area contributed by atoms with Gasteiger partial charge in [-0.15, -0.1) is 0 Å². The van der Waals surface area contributed by atoms with Crippen molar-refractivity contribution in [3.05, 3.63) is 0 Å². The highest BCUT2D eigenvalue weighted by molar-refractivity contribution is 7.89. The average molecular weight is 263 g/mol. The van der Waals surface area contributed by atoms with Crippen LogP contribution in [0.1, 0.15) is 26.2 Å². The minimum Gasteiger partial charge on any atom is -0.313 e. The number of rotatable bonds is 6. The number of sulfonamides is 1. The van der Waals surface area contributed by atoms with Gasteiger partial charge in [0.2, 0.25) is 10.0 Å². The lowest BCUT2D eigenvalue weighted by Crippen LogP contribution is -2.46. The number of likely N-dealkylation sites (N-methyl/N-ethyl adjacent to an activating group) is 1. The highest BCUT2D eigenvalue weighted by Gasteiger charge is 2.22. The zero-order valence-corrected chi connectivity index (χ0v) is 11.9. The van der Waals surface area contributed by atoms with Crippen LogP contribution < -0.4 is 10.0 Å². The molecule has 1 fully saturated rings. The van der Waals surface area contributed by atoms with Crippen LogP contribution in [-0.4, -0.2) is 58.3 Å². The zero-order chi connectivity index (χ0) is 12.9. The number of piperidine rings is 1. The van der Waals surface area contributed by atoms with Crippen molar-refractivity contribution in [2.24, 2.45) is 0 Å². The molecule has 17 heavy (non-hydrogen) atoms. The van der Waals surface area contributed by atoms with Gasteiger partial charge in [0.1, 0.15) is 0 Å². The summed E-state index contributed by atoms with van der Waals surface area (Å²) in [5, 5.41) is 3.26. The Labute approximate surface area is 105 Å². The van der Waals surface area contributed by atoms with Crippen molar-refractivity contribution in [3.8, 4) is 0 Å². The molecule has 1 heterocycles. The van der Waals surface area contributed by atoms with Crippen molar-refractivity contribution >= 4 is 10.0 Å². The maximum atomic E-state index is 11.9. The smallest absolute Gasteiger partial charge is 0.213 e. The molecule has 102 valence electrons. The second-order valence-corrected chi connectivity index (χ2v) is 7.01. The van der Waals surface area contributed by atoms with Crippen molar-refractivity contribution in [1.29, 1.82) is 0 Å². The van der Waals surface area contributed by atoms with Crippen molar-refractivity contribution < 1.29 is 8.42 Å². The molecule has 0 spiro atoms. The van der Waals surface area contributed by atoms with Crippen LogP contribution in [0.15, 0.2) is 0 Å². The minimum absolute atomic E-state index is 0.0430. The van der Waals surface area contributed by atoms with Crippen LogP contribution in [-0.2, 0) is 10.0 Å². The number of hydrogen-bond donors (Lipinski definition) is 2. The van der Waals surface area contributed by atoms with Crippen LogP contribution in [0.2, 0.25) is 0 Å². The van der Waals surface area contributed by atoms with Crippen molar-refractivity contribution in [3.63, 3.8) is 0 Å². The Hall–Kier alpha value is -0.170. The van der Waals surface area contributed by atoms with Gasteiger partial charge >= 0.3 is 0 Å². The topological polar surface area (TPSA) is 61.4 Å². The minimum atomic E-state index is -3.17. The van der Waals surface area contributed by atoms with Crippen molar-refractivity contribution in [1.82, 2.24) is 14.9 Å². The molecular weight excluding hydrogens is 238 g/mol. The molecule has 1 aliphatic rings. The van der Waals surface area contributed by atoms with E-state index in [9.17, 15) is 8.42 Å². The molecule has 1 saturated heterocycles. The SMILES string of the molecule is CC(CN(C)C)NS(=O)(=O)CC1CCCCN1. The van der Waals surface area contributed by atoms with E-state index in [0.29, 0.717) is 0 Å². The first-order chi connectivity index (χ1) is 7.89. The van der Waals surface area contributed by atoms with E-state index in [2.05, 4.69) is 10.0 Å². The predicted molar refractivity (Wildman–Crippen MR) is 70.6 cm³/mol. The van der Waals surface area contributed by atoms with E-state index in [1.54, 1.807) is 0 Å². The first kappa shape index (κ1) is 14.9. The van der Waals surface area contributed by atoms with Crippen LogP contribution >= 0.6 is 0 Å². The van der Waals surface area contributed by atoms with Crippen molar-refractivity contribution in [2.45, 2.75) is 38.3 Å². The van der Waals surface area contributed by atoms with Gasteiger partial charge in [0, 0.05) is 18.6 Å². The summed E-state index contributed by atoms with van der Waals surface area (Å²) in [6, 6.07) is 0.0754. The molecule has 0 aromatic carbocycles. The third-order valence-electron chi connectivity index (χ3n) is 2.85. The fraction of sp³-hybridized carbons (Fsp3) is 1.00. The fourth-order valence-electron chi connectivity index (χ4n) is 2.27. The lowest BCUT2D eigenvalue weighted by atomic mass is 10.1. The monoisotopic (exact) mass is 263 g/mol. The molecule has 0 amide bonds. The Bertz CT molecular complexity index is 311. The van der Waals surface area contributed by atoms with E-state index in [4.69, 9.17) is 0 Å². The molecular formula is C11H25N3O2S. The summed E-state index contributed by atoms with van der Waals surface area (Å²) in [5.74, 6) is 0.199. The first-order valence-electron chi connectivity index (χ1n) is 6.27. The summed E-state index contributed by atoms with van der Waals surface area (Å²) in [6.45, 7) is 3.55. The largest absolute Gasteiger partial charge is 0.313 e. The number of hydrogen-bond acceptors (Lipinski definition) is 4. The van der Waals surface area contributed by atoms with Gasteiger partial charge in [-0.05, 0) is 40.4 Å². The summed E-state index contributed by atoms with van der Waals surface area (Å²) in [5.41, 5.74) is 0. The molecule has 0 aromatic heterocycles. The second-order valence-electron chi connectivity index (χ2n) is 5.21. The number of nitrogens with one attached hydrogen (secondary N) is 2. The fourth-order valence-corrected chi connectivity index (χ4v) is 3.87. The van der Waals surface area contributed by atoms with E-state index in [0.717, 1.165) is 32.4 Å². The van der Waals surface area contributed by atoms with Crippen LogP contribution in [0.25, 0.3) is 0 Å². The second kappa shape index (κ2) is 6.68. The lowest BCUT2D eigenvalue weighted by Gasteiger charge is -2.25. The lowest BCUT2D eigenvalue weighted by molar-refractivity contribution is 0.368. The molecule has 2 atom stereocenters. The molecule has 5 nitrogen and oxygen atoms in total. The van der Waals surface area contributed by atoms with Gasteiger partial charge in [0.15, 0.2) is 0 Å². The van der Waals surface area contributed by atoms with Crippen molar-refractivity contribution in [2.75, 3.05) is 32.9 Å². The zero-order valence-electron chi connectivity index (χ0n) is 11.1. The average Bonchev–Trinajstić information content (AvgIpc) is 2.15. The normalized spacial score (nSPS) is 23.9. The molecule has 0 bridgehead atoms. The van der Waals surface area contributed by atoms with Crippen LogP contribution in [0.3, 0.4) is 0 Å². The van der Waals surface area contributed by atoms with E-state index < -0.39 is 10.0 Å². The van der Waals surface area contributed by atoms with Gasteiger partial charge in [-0.3, -0.25) is 0 Å². The molecule has 6 heteroatoms. The van der Waals surface area contributed by atoms with E-state index in [-0.39, 0.29) is 17.8 Å². The summed E-state index contributed by atoms with van der Waals surface area (Å²) in [6.07, 6.45) is 3.24. The molecule has 0 saturated carbocycles. The van der Waals surface area contributed by atoms with Gasteiger partial charge < -0.3 is 10.2 Å². The maximum Gasteiger partial charge on any atom is 0.213 e. The van der Waals surface area contributed by atoms with Crippen LogP contribution in [0.5, 0.6) is 0 Å². The van der Waals surface area contributed by atoms with Gasteiger partial charge in [-0.1, -0.05) is 6.42 Å². The third-order valence-corrected chi connectivity index (χ3v) is 4.46. The van der Waals surface area contributed by atoms with Gasteiger partial charge in [0.05, 0.1) is 5.75 Å². The highest BCUT2D eigenvalue weighted by atomic mass is 32.2. The van der Waals surface area contributed by atoms with E-state index in [1.807, 2.05) is 25.9 Å². The Balaban J connectivity index is 2.39. The van der Waals surface area contributed by atoms with Gasteiger partial charge in [-0.25, -0.2) is 13.1 Å². The Morgan fingerprint density at radius 3 is 2.65 bits per heavy atom. The molecule has 0 aliphatic carbocycles. The standard InChI is InChI=1S/C11H25N3O2S/c1-10(8-14(2)3)13-17(15,16)9-11-6-4-5-7-12-11/h10-13H,4-9H2,1-3H3. The molecule has 1 aliphatic heterocycles.